The van der Waals surface area contributed by atoms with Crippen LogP contribution in [-0.4, -0.2) is 46.5 Å². The Morgan fingerprint density at radius 2 is 2.30 bits per heavy atom. The van der Waals surface area contributed by atoms with Crippen LogP contribution < -0.4 is 5.73 Å². The summed E-state index contributed by atoms with van der Waals surface area (Å²) in [6, 6.07) is 0.266. The van der Waals surface area contributed by atoms with Crippen LogP contribution in [0, 0.1) is 0 Å². The fraction of sp³-hybridized carbons (Fsp3) is 0.786. The van der Waals surface area contributed by atoms with Gasteiger partial charge in [-0.15, -0.1) is 0 Å². The lowest BCUT2D eigenvalue weighted by molar-refractivity contribution is -0.0513. The summed E-state index contributed by atoms with van der Waals surface area (Å²) in [6.07, 6.45) is 2.65. The third-order valence-corrected chi connectivity index (χ3v) is 4.13. The molecule has 0 saturated carbocycles. The molecule has 114 valence electrons. The molecule has 2 heterocycles. The van der Waals surface area contributed by atoms with E-state index in [-0.39, 0.29) is 12.1 Å². The average molecular weight is 301 g/mol. The summed E-state index contributed by atoms with van der Waals surface area (Å²) in [5.74, 6) is 0. The summed E-state index contributed by atoms with van der Waals surface area (Å²) in [5, 5.41) is 4.95. The molecule has 0 bridgehead atoms. The molecule has 1 saturated heterocycles. The Morgan fingerprint density at radius 1 is 1.55 bits per heavy atom. The molecule has 1 aromatic rings. The zero-order valence-corrected chi connectivity index (χ0v) is 13.3. The van der Waals surface area contributed by atoms with Crippen LogP contribution in [0.2, 0.25) is 5.02 Å². The molecule has 5 nitrogen and oxygen atoms in total. The van der Waals surface area contributed by atoms with Gasteiger partial charge in [-0.05, 0) is 20.3 Å². The third kappa shape index (κ3) is 3.34. The van der Waals surface area contributed by atoms with Crippen LogP contribution in [-0.2, 0) is 11.3 Å². The Balaban J connectivity index is 2.14. The van der Waals surface area contributed by atoms with E-state index >= 15 is 0 Å². The third-order valence-electron chi connectivity index (χ3n) is 3.84. The van der Waals surface area contributed by atoms with Crippen LogP contribution in [0.15, 0.2) is 6.20 Å². The number of rotatable bonds is 5. The SMILES string of the molecule is CCCn1ncc(Cl)c1C(N)C1CN(C(C)C)CCO1. The van der Waals surface area contributed by atoms with Crippen molar-refractivity contribution >= 4 is 11.6 Å². The summed E-state index contributed by atoms with van der Waals surface area (Å²) >= 11 is 6.26. The van der Waals surface area contributed by atoms with Gasteiger partial charge in [0.1, 0.15) is 0 Å². The largest absolute Gasteiger partial charge is 0.374 e. The number of aromatic nitrogens is 2. The standard InChI is InChI=1S/C14H25ClN4O/c1-4-5-19-14(11(15)8-17-19)13(16)12-9-18(10(2)3)6-7-20-12/h8,10,12-13H,4-7,9,16H2,1-3H3. The van der Waals surface area contributed by atoms with Gasteiger partial charge in [0.05, 0.1) is 35.7 Å². The van der Waals surface area contributed by atoms with E-state index in [9.17, 15) is 0 Å². The predicted molar refractivity (Wildman–Crippen MR) is 80.9 cm³/mol. The second-order valence-electron chi connectivity index (χ2n) is 5.62. The number of nitrogens with zero attached hydrogens (tertiary/aromatic N) is 3. The number of ether oxygens (including phenoxy) is 1. The molecule has 1 aliphatic rings. The van der Waals surface area contributed by atoms with Gasteiger partial charge in [0.15, 0.2) is 0 Å². The molecular formula is C14H25ClN4O. The molecule has 2 unspecified atom stereocenters. The molecule has 0 radical (unpaired) electrons. The van der Waals surface area contributed by atoms with Crippen molar-refractivity contribution in [1.29, 1.82) is 0 Å². The molecule has 0 amide bonds. The van der Waals surface area contributed by atoms with Gasteiger partial charge in [0, 0.05) is 25.7 Å². The van der Waals surface area contributed by atoms with E-state index in [2.05, 4.69) is 30.8 Å². The highest BCUT2D eigenvalue weighted by molar-refractivity contribution is 6.31. The van der Waals surface area contributed by atoms with Gasteiger partial charge in [-0.3, -0.25) is 9.58 Å². The number of morpholine rings is 1. The van der Waals surface area contributed by atoms with E-state index < -0.39 is 0 Å². The number of nitrogens with two attached hydrogens (primary N) is 1. The molecule has 0 aliphatic carbocycles. The molecule has 1 fully saturated rings. The minimum absolute atomic E-state index is 0.0315. The van der Waals surface area contributed by atoms with Crippen molar-refractivity contribution in [3.63, 3.8) is 0 Å². The summed E-state index contributed by atoms with van der Waals surface area (Å²) < 4.78 is 7.77. The van der Waals surface area contributed by atoms with Crippen LogP contribution >= 0.6 is 11.6 Å². The molecule has 2 N–H and O–H groups in total. The van der Waals surface area contributed by atoms with Crippen LogP contribution in [0.4, 0.5) is 0 Å². The average Bonchev–Trinajstić information content (AvgIpc) is 2.79. The van der Waals surface area contributed by atoms with Crippen molar-refractivity contribution in [2.45, 2.75) is 51.9 Å². The number of hydrogen-bond donors (Lipinski definition) is 1. The minimum atomic E-state index is -0.238. The molecule has 6 heteroatoms. The second kappa shape index (κ2) is 6.89. The summed E-state index contributed by atoms with van der Waals surface area (Å²) in [5.41, 5.74) is 7.30. The van der Waals surface area contributed by atoms with E-state index in [0.717, 1.165) is 38.4 Å². The maximum atomic E-state index is 6.41. The fourth-order valence-corrected chi connectivity index (χ4v) is 2.92. The summed E-state index contributed by atoms with van der Waals surface area (Å²) in [7, 11) is 0. The normalized spacial score (nSPS) is 22.4. The number of halogens is 1. The smallest absolute Gasteiger partial charge is 0.0910 e. The molecular weight excluding hydrogens is 276 g/mol. The first-order valence-corrected chi connectivity index (χ1v) is 7.74. The Hall–Kier alpha value is -0.620. The van der Waals surface area contributed by atoms with E-state index in [1.807, 2.05) is 4.68 Å². The van der Waals surface area contributed by atoms with Crippen molar-refractivity contribution in [3.8, 4) is 0 Å². The van der Waals surface area contributed by atoms with Crippen LogP contribution in [0.1, 0.15) is 38.9 Å². The lowest BCUT2D eigenvalue weighted by atomic mass is 10.1. The first-order valence-electron chi connectivity index (χ1n) is 7.37. The van der Waals surface area contributed by atoms with Crippen LogP contribution in [0.3, 0.4) is 0 Å². The fourth-order valence-electron chi connectivity index (χ4n) is 2.65. The Kier molecular flexibility index (Phi) is 5.43. The quantitative estimate of drug-likeness (QED) is 0.904. The Labute approximate surface area is 126 Å². The van der Waals surface area contributed by atoms with E-state index in [0.29, 0.717) is 11.1 Å². The molecule has 1 aromatic heterocycles. The lowest BCUT2D eigenvalue weighted by Crippen LogP contribution is -2.49. The highest BCUT2D eigenvalue weighted by atomic mass is 35.5. The van der Waals surface area contributed by atoms with Gasteiger partial charge in [-0.2, -0.15) is 5.10 Å². The second-order valence-corrected chi connectivity index (χ2v) is 6.03. The first-order chi connectivity index (χ1) is 9.54. The zero-order chi connectivity index (χ0) is 14.7. The molecule has 2 atom stereocenters. The number of aryl methyl sites for hydroxylation is 1. The highest BCUT2D eigenvalue weighted by Crippen LogP contribution is 2.27. The molecule has 1 aliphatic heterocycles. The topological polar surface area (TPSA) is 56.3 Å². The maximum absolute atomic E-state index is 6.41. The number of hydrogen-bond acceptors (Lipinski definition) is 4. The van der Waals surface area contributed by atoms with Gasteiger partial charge in [0.2, 0.25) is 0 Å². The Bertz CT molecular complexity index is 435. The summed E-state index contributed by atoms with van der Waals surface area (Å²) in [6.45, 7) is 9.86. The monoisotopic (exact) mass is 300 g/mol. The van der Waals surface area contributed by atoms with Gasteiger partial charge in [0.25, 0.3) is 0 Å². The lowest BCUT2D eigenvalue weighted by Gasteiger charge is -2.38. The first kappa shape index (κ1) is 15.8. The van der Waals surface area contributed by atoms with Gasteiger partial charge < -0.3 is 10.5 Å². The van der Waals surface area contributed by atoms with Gasteiger partial charge in [-0.1, -0.05) is 18.5 Å². The maximum Gasteiger partial charge on any atom is 0.0910 e. The highest BCUT2D eigenvalue weighted by Gasteiger charge is 2.31. The minimum Gasteiger partial charge on any atom is -0.374 e. The molecule has 0 spiro atoms. The molecule has 20 heavy (non-hydrogen) atoms. The van der Waals surface area contributed by atoms with E-state index in [1.165, 1.54) is 0 Å². The van der Waals surface area contributed by atoms with Crippen LogP contribution in [0.5, 0.6) is 0 Å². The van der Waals surface area contributed by atoms with Gasteiger partial charge >= 0.3 is 0 Å². The molecule has 2 rings (SSSR count). The van der Waals surface area contributed by atoms with E-state index in [1.54, 1.807) is 6.20 Å². The zero-order valence-electron chi connectivity index (χ0n) is 12.6. The van der Waals surface area contributed by atoms with Crippen molar-refractivity contribution in [2.24, 2.45) is 5.73 Å². The van der Waals surface area contributed by atoms with Crippen LogP contribution in [0.25, 0.3) is 0 Å². The van der Waals surface area contributed by atoms with Crippen molar-refractivity contribution < 1.29 is 4.74 Å². The molecule has 0 aromatic carbocycles. The summed E-state index contributed by atoms with van der Waals surface area (Å²) in [4.78, 5) is 2.39. The van der Waals surface area contributed by atoms with Crippen molar-refractivity contribution in [2.75, 3.05) is 19.7 Å². The van der Waals surface area contributed by atoms with E-state index in [4.69, 9.17) is 22.1 Å². The predicted octanol–water partition coefficient (Wildman–Crippen LogP) is 2.06. The van der Waals surface area contributed by atoms with Crippen molar-refractivity contribution in [3.05, 3.63) is 16.9 Å². The van der Waals surface area contributed by atoms with Gasteiger partial charge in [-0.25, -0.2) is 0 Å². The Morgan fingerprint density at radius 3 is 2.95 bits per heavy atom. The van der Waals surface area contributed by atoms with Crippen molar-refractivity contribution in [1.82, 2.24) is 14.7 Å².